The molecule has 0 aromatic carbocycles. The summed E-state index contributed by atoms with van der Waals surface area (Å²) in [5.74, 6) is 0.109. The van der Waals surface area contributed by atoms with Gasteiger partial charge in [-0.15, -0.1) is 0 Å². The Morgan fingerprint density at radius 3 is 2.54 bits per heavy atom. The number of carbonyl (C=O) groups is 1. The van der Waals surface area contributed by atoms with Crippen LogP contribution in [0.5, 0.6) is 0 Å². The van der Waals surface area contributed by atoms with Gasteiger partial charge in [0, 0.05) is 36.0 Å². The van der Waals surface area contributed by atoms with Crippen molar-refractivity contribution in [2.45, 2.75) is 32.3 Å². The number of hydrogen-bond donors (Lipinski definition) is 0. The number of rotatable bonds is 3. The van der Waals surface area contributed by atoms with E-state index in [0.717, 1.165) is 25.9 Å². The molecular weight excluding hydrogens is 281 g/mol. The quantitative estimate of drug-likeness (QED) is 0.587. The number of halogens is 1. The molecule has 0 amide bonds. The number of ketones is 1. The highest BCUT2D eigenvalue weighted by molar-refractivity contribution is 14.1. The maximum atomic E-state index is 10.8. The summed E-state index contributed by atoms with van der Waals surface area (Å²) >= 11 is 2.33. The van der Waals surface area contributed by atoms with Gasteiger partial charge >= 0.3 is 0 Å². The molecule has 1 aliphatic heterocycles. The van der Waals surface area contributed by atoms with Crippen LogP contribution in [0.25, 0.3) is 0 Å². The van der Waals surface area contributed by atoms with E-state index in [9.17, 15) is 4.79 Å². The van der Waals surface area contributed by atoms with E-state index in [1.54, 1.807) is 6.92 Å². The normalized spacial score (nSPS) is 23.0. The summed E-state index contributed by atoms with van der Waals surface area (Å²) in [6.07, 6.45) is 2.03. The third-order valence-electron chi connectivity index (χ3n) is 2.39. The molecule has 0 aromatic rings. The van der Waals surface area contributed by atoms with Gasteiger partial charge in [-0.3, -0.25) is 4.79 Å². The largest absolute Gasteiger partial charge is 0.367 e. The zero-order chi connectivity index (χ0) is 9.90. The number of hydrogen-bond acceptors (Lipinski definition) is 3. The average Bonchev–Trinajstić information content (AvgIpc) is 2.08. The fraction of sp³-hybridized carbons (Fsp3) is 0.889. The van der Waals surface area contributed by atoms with Gasteiger partial charge < -0.3 is 4.74 Å². The molecule has 1 aliphatic rings. The molecule has 0 bridgehead atoms. The van der Waals surface area contributed by atoms with E-state index in [4.69, 9.17) is 4.74 Å². The van der Waals surface area contributed by atoms with Crippen LogP contribution in [0.4, 0.5) is 0 Å². The van der Waals surface area contributed by atoms with Crippen molar-refractivity contribution in [3.63, 3.8) is 0 Å². The summed E-state index contributed by atoms with van der Waals surface area (Å²) in [6, 6.07) is 0. The van der Waals surface area contributed by atoms with Crippen molar-refractivity contribution < 1.29 is 9.53 Å². The maximum Gasteiger partial charge on any atom is 0.155 e. The van der Waals surface area contributed by atoms with Crippen molar-refractivity contribution in [2.24, 2.45) is 0 Å². The molecule has 0 N–H and O–H groups in total. The number of piperidine rings is 1. The predicted octanol–water partition coefficient (Wildman–Crippen LogP) is 1.80. The molecule has 0 atom stereocenters. The Labute approximate surface area is 93.3 Å². The van der Waals surface area contributed by atoms with Crippen LogP contribution in [0.15, 0.2) is 0 Å². The Morgan fingerprint density at radius 2 is 2.08 bits per heavy atom. The van der Waals surface area contributed by atoms with Crippen molar-refractivity contribution in [1.82, 2.24) is 3.11 Å². The fourth-order valence-corrected chi connectivity index (χ4v) is 1.86. The Balaban J connectivity index is 2.34. The van der Waals surface area contributed by atoms with Gasteiger partial charge in [-0.25, -0.2) is 3.11 Å². The number of carbonyl (C=O) groups excluding carboxylic acids is 1. The van der Waals surface area contributed by atoms with Gasteiger partial charge in [0.2, 0.25) is 0 Å². The van der Waals surface area contributed by atoms with E-state index in [2.05, 4.69) is 32.9 Å². The lowest BCUT2D eigenvalue weighted by atomic mass is 9.94. The van der Waals surface area contributed by atoms with Gasteiger partial charge in [0.1, 0.15) is 6.61 Å². The fourth-order valence-electron chi connectivity index (χ4n) is 1.37. The third kappa shape index (κ3) is 3.91. The van der Waals surface area contributed by atoms with Crippen molar-refractivity contribution in [2.75, 3.05) is 19.7 Å². The van der Waals surface area contributed by atoms with Crippen LogP contribution >= 0.6 is 22.9 Å². The Bertz CT molecular complexity index is 188. The van der Waals surface area contributed by atoms with Crippen LogP contribution in [-0.2, 0) is 9.53 Å². The zero-order valence-corrected chi connectivity index (χ0v) is 10.3. The topological polar surface area (TPSA) is 29.5 Å². The SMILES string of the molecule is CC(=O)COC1(C)CCN(I)CC1. The summed E-state index contributed by atoms with van der Waals surface area (Å²) in [5, 5.41) is 0. The zero-order valence-electron chi connectivity index (χ0n) is 8.18. The second-order valence-electron chi connectivity index (χ2n) is 3.85. The highest BCUT2D eigenvalue weighted by Gasteiger charge is 2.30. The van der Waals surface area contributed by atoms with Crippen molar-refractivity contribution >= 4 is 28.6 Å². The Hall–Kier alpha value is 0.320. The molecule has 76 valence electrons. The Morgan fingerprint density at radius 1 is 1.54 bits per heavy atom. The lowest BCUT2D eigenvalue weighted by Gasteiger charge is -2.36. The van der Waals surface area contributed by atoms with E-state index >= 15 is 0 Å². The molecule has 1 rings (SSSR count). The first-order chi connectivity index (χ1) is 6.02. The van der Waals surface area contributed by atoms with Crippen LogP contribution in [0.3, 0.4) is 0 Å². The molecular formula is C9H16INO2. The number of nitrogens with zero attached hydrogens (tertiary/aromatic N) is 1. The number of ether oxygens (including phenoxy) is 1. The highest BCUT2D eigenvalue weighted by Crippen LogP contribution is 2.27. The van der Waals surface area contributed by atoms with Gasteiger partial charge in [0.05, 0.1) is 5.60 Å². The summed E-state index contributed by atoms with van der Waals surface area (Å²) in [5.41, 5.74) is -0.0760. The standard InChI is InChI=1S/C9H16INO2/c1-8(12)7-13-9(2)3-5-11(10)6-4-9/h3-7H2,1-2H3. The van der Waals surface area contributed by atoms with Crippen molar-refractivity contribution in [1.29, 1.82) is 0 Å². The molecule has 0 aromatic heterocycles. The van der Waals surface area contributed by atoms with Gasteiger partial charge in [-0.2, -0.15) is 0 Å². The molecule has 0 saturated carbocycles. The Kier molecular flexibility index (Phi) is 4.12. The molecule has 4 heteroatoms. The first-order valence-corrected chi connectivity index (χ1v) is 5.52. The molecule has 0 aliphatic carbocycles. The molecule has 1 saturated heterocycles. The van der Waals surface area contributed by atoms with E-state index in [1.807, 2.05) is 0 Å². The average molecular weight is 297 g/mol. The molecule has 0 spiro atoms. The van der Waals surface area contributed by atoms with Crippen LogP contribution in [-0.4, -0.2) is 34.2 Å². The first kappa shape index (κ1) is 11.4. The van der Waals surface area contributed by atoms with E-state index < -0.39 is 0 Å². The van der Waals surface area contributed by atoms with Crippen molar-refractivity contribution in [3.8, 4) is 0 Å². The second kappa shape index (κ2) is 4.70. The van der Waals surface area contributed by atoms with Crippen LogP contribution in [0, 0.1) is 0 Å². The smallest absolute Gasteiger partial charge is 0.155 e. The molecule has 13 heavy (non-hydrogen) atoms. The van der Waals surface area contributed by atoms with Crippen molar-refractivity contribution in [3.05, 3.63) is 0 Å². The van der Waals surface area contributed by atoms with E-state index in [-0.39, 0.29) is 18.0 Å². The molecule has 0 unspecified atom stereocenters. The minimum absolute atomic E-state index is 0.0760. The maximum absolute atomic E-state index is 10.8. The summed E-state index contributed by atoms with van der Waals surface area (Å²) in [6.45, 7) is 6.03. The number of Topliss-reactive ketones (excluding diaryl/α,β-unsaturated/α-hetero) is 1. The van der Waals surface area contributed by atoms with Gasteiger partial charge in [-0.1, -0.05) is 0 Å². The molecule has 1 heterocycles. The minimum atomic E-state index is -0.0760. The van der Waals surface area contributed by atoms with E-state index in [1.165, 1.54) is 0 Å². The van der Waals surface area contributed by atoms with Crippen LogP contribution in [0.2, 0.25) is 0 Å². The molecule has 0 radical (unpaired) electrons. The first-order valence-electron chi connectivity index (χ1n) is 4.56. The minimum Gasteiger partial charge on any atom is -0.367 e. The van der Waals surface area contributed by atoms with Gasteiger partial charge in [0.25, 0.3) is 0 Å². The van der Waals surface area contributed by atoms with Crippen LogP contribution < -0.4 is 0 Å². The highest BCUT2D eigenvalue weighted by atomic mass is 127. The van der Waals surface area contributed by atoms with Crippen LogP contribution in [0.1, 0.15) is 26.7 Å². The molecule has 1 fully saturated rings. The third-order valence-corrected chi connectivity index (χ3v) is 3.36. The molecule has 3 nitrogen and oxygen atoms in total. The van der Waals surface area contributed by atoms with Gasteiger partial charge in [-0.05, 0) is 26.7 Å². The van der Waals surface area contributed by atoms with Gasteiger partial charge in [0.15, 0.2) is 5.78 Å². The summed E-state index contributed by atoms with van der Waals surface area (Å²) in [7, 11) is 0. The lowest BCUT2D eigenvalue weighted by molar-refractivity contribution is -0.130. The summed E-state index contributed by atoms with van der Waals surface area (Å²) in [4.78, 5) is 10.8. The monoisotopic (exact) mass is 297 g/mol. The van der Waals surface area contributed by atoms with E-state index in [0.29, 0.717) is 0 Å². The summed E-state index contributed by atoms with van der Waals surface area (Å²) < 4.78 is 7.86. The second-order valence-corrected chi connectivity index (χ2v) is 5.21. The predicted molar refractivity (Wildman–Crippen MR) is 59.9 cm³/mol. The lowest BCUT2D eigenvalue weighted by Crippen LogP contribution is -2.41.